The van der Waals surface area contributed by atoms with Gasteiger partial charge in [-0.15, -0.1) is 0 Å². The van der Waals surface area contributed by atoms with E-state index in [4.69, 9.17) is 0 Å². The predicted octanol–water partition coefficient (Wildman–Crippen LogP) is 2.01. The Kier molecular flexibility index (Phi) is 4.50. The summed E-state index contributed by atoms with van der Waals surface area (Å²) in [5.74, 6) is 0. The summed E-state index contributed by atoms with van der Waals surface area (Å²) in [5.41, 5.74) is 0. The zero-order chi connectivity index (χ0) is 12.5. The van der Waals surface area contributed by atoms with Crippen LogP contribution >= 0.6 is 15.9 Å². The van der Waals surface area contributed by atoms with Crippen LogP contribution < -0.4 is 4.72 Å². The number of hydrogen-bond acceptors (Lipinski definition) is 2. The van der Waals surface area contributed by atoms with E-state index in [1.165, 1.54) is 0 Å². The minimum Gasteiger partial charge on any atom is -0.198 e. The number of nitrogens with zero attached hydrogens (tertiary/aromatic N) is 1. The second kappa shape index (κ2) is 5.55. The monoisotopic (exact) mass is 324 g/mol. The fourth-order valence-corrected chi connectivity index (χ4v) is 5.38. The van der Waals surface area contributed by atoms with Crippen LogP contribution in [0.3, 0.4) is 0 Å². The van der Waals surface area contributed by atoms with Crippen molar-refractivity contribution in [3.05, 3.63) is 0 Å². The topological polar surface area (TPSA) is 49.4 Å². The van der Waals surface area contributed by atoms with E-state index in [0.717, 1.165) is 38.5 Å². The second-order valence-corrected chi connectivity index (χ2v) is 7.96. The van der Waals surface area contributed by atoms with E-state index >= 15 is 0 Å². The molecule has 100 valence electrons. The third-order valence-electron chi connectivity index (χ3n) is 3.78. The minimum absolute atomic E-state index is 0.0640. The average molecular weight is 325 g/mol. The Bertz CT molecular complexity index is 360. The van der Waals surface area contributed by atoms with Crippen molar-refractivity contribution in [1.82, 2.24) is 9.03 Å². The van der Waals surface area contributed by atoms with Gasteiger partial charge in [0.05, 0.1) is 0 Å². The van der Waals surface area contributed by atoms with Gasteiger partial charge in [0, 0.05) is 23.5 Å². The average Bonchev–Trinajstić information content (AvgIpc) is 2.64. The highest BCUT2D eigenvalue weighted by Crippen LogP contribution is 2.27. The lowest BCUT2D eigenvalue weighted by Gasteiger charge is -2.33. The zero-order valence-electron chi connectivity index (χ0n) is 10.2. The van der Waals surface area contributed by atoms with Gasteiger partial charge >= 0.3 is 0 Å². The molecule has 0 aromatic carbocycles. The van der Waals surface area contributed by atoms with E-state index in [1.807, 2.05) is 6.92 Å². The molecule has 2 aliphatic rings. The highest BCUT2D eigenvalue weighted by atomic mass is 79.9. The van der Waals surface area contributed by atoms with Crippen molar-refractivity contribution in [2.24, 2.45) is 0 Å². The summed E-state index contributed by atoms with van der Waals surface area (Å²) in [7, 11) is -3.30. The van der Waals surface area contributed by atoms with Gasteiger partial charge in [-0.05, 0) is 32.6 Å². The fourth-order valence-electron chi connectivity index (χ4n) is 2.74. The lowest BCUT2D eigenvalue weighted by molar-refractivity contribution is 0.264. The summed E-state index contributed by atoms with van der Waals surface area (Å²) in [6.45, 7) is 2.66. The van der Waals surface area contributed by atoms with Gasteiger partial charge in [0.15, 0.2) is 0 Å². The summed E-state index contributed by atoms with van der Waals surface area (Å²) in [5, 5.41) is 0. The lowest BCUT2D eigenvalue weighted by Crippen LogP contribution is -2.51. The molecule has 4 nitrogen and oxygen atoms in total. The largest absolute Gasteiger partial charge is 0.279 e. The van der Waals surface area contributed by atoms with E-state index < -0.39 is 10.2 Å². The SMILES string of the molecule is CC1CCCCN1S(=O)(=O)NC1CCCC1Br. The Morgan fingerprint density at radius 3 is 2.53 bits per heavy atom. The van der Waals surface area contributed by atoms with Crippen LogP contribution in [-0.4, -0.2) is 36.2 Å². The molecular weight excluding hydrogens is 304 g/mol. The van der Waals surface area contributed by atoms with Crippen molar-refractivity contribution in [2.45, 2.75) is 62.4 Å². The number of halogens is 1. The summed E-state index contributed by atoms with van der Waals surface area (Å²) < 4.78 is 29.1. The third-order valence-corrected chi connectivity index (χ3v) is 6.64. The predicted molar refractivity (Wildman–Crippen MR) is 72.4 cm³/mol. The Balaban J connectivity index is 2.02. The van der Waals surface area contributed by atoms with Gasteiger partial charge in [0.1, 0.15) is 0 Å². The maximum atomic E-state index is 12.3. The van der Waals surface area contributed by atoms with Gasteiger partial charge in [-0.25, -0.2) is 0 Å². The molecule has 3 atom stereocenters. The quantitative estimate of drug-likeness (QED) is 0.807. The standard InChI is InChI=1S/C11H21BrN2O2S/c1-9-5-2-3-8-14(9)17(15,16)13-11-7-4-6-10(11)12/h9-11,13H,2-8H2,1H3. The van der Waals surface area contributed by atoms with Gasteiger partial charge in [0.25, 0.3) is 10.2 Å². The Morgan fingerprint density at radius 1 is 1.18 bits per heavy atom. The Labute approximate surface area is 112 Å². The number of nitrogens with one attached hydrogen (secondary N) is 1. The molecule has 1 N–H and O–H groups in total. The van der Waals surface area contributed by atoms with Crippen molar-refractivity contribution in [3.8, 4) is 0 Å². The van der Waals surface area contributed by atoms with Gasteiger partial charge < -0.3 is 0 Å². The molecule has 1 aliphatic carbocycles. The molecule has 1 saturated carbocycles. The van der Waals surface area contributed by atoms with Gasteiger partial charge in [-0.1, -0.05) is 28.8 Å². The molecule has 17 heavy (non-hydrogen) atoms. The van der Waals surface area contributed by atoms with E-state index in [2.05, 4.69) is 20.7 Å². The molecular formula is C11H21BrN2O2S. The van der Waals surface area contributed by atoms with Crippen LogP contribution in [0.15, 0.2) is 0 Å². The molecule has 1 aliphatic heterocycles. The number of hydrogen-bond donors (Lipinski definition) is 1. The Morgan fingerprint density at radius 2 is 1.94 bits per heavy atom. The molecule has 0 spiro atoms. The molecule has 1 heterocycles. The Hall–Kier alpha value is 0.350. The molecule has 1 saturated heterocycles. The lowest BCUT2D eigenvalue weighted by atomic mass is 10.1. The third kappa shape index (κ3) is 3.22. The van der Waals surface area contributed by atoms with E-state index in [9.17, 15) is 8.42 Å². The van der Waals surface area contributed by atoms with Gasteiger partial charge in [-0.3, -0.25) is 0 Å². The number of rotatable bonds is 3. The first-order valence-electron chi connectivity index (χ1n) is 6.44. The normalized spacial score (nSPS) is 36.2. The summed E-state index contributed by atoms with van der Waals surface area (Å²) >= 11 is 3.55. The van der Waals surface area contributed by atoms with Crippen molar-refractivity contribution in [3.63, 3.8) is 0 Å². The molecule has 3 unspecified atom stereocenters. The summed E-state index contributed by atoms with van der Waals surface area (Å²) in [6, 6.07) is 0.200. The van der Waals surface area contributed by atoms with Gasteiger partial charge in [-0.2, -0.15) is 17.4 Å². The fraction of sp³-hybridized carbons (Fsp3) is 1.00. The summed E-state index contributed by atoms with van der Waals surface area (Å²) in [4.78, 5) is 0.289. The van der Waals surface area contributed by atoms with Crippen molar-refractivity contribution >= 4 is 26.1 Å². The van der Waals surface area contributed by atoms with Crippen LogP contribution in [0.25, 0.3) is 0 Å². The van der Waals surface area contributed by atoms with Crippen molar-refractivity contribution < 1.29 is 8.42 Å². The second-order valence-electron chi connectivity index (χ2n) is 5.13. The van der Waals surface area contributed by atoms with E-state index in [0.29, 0.717) is 6.54 Å². The molecule has 0 amide bonds. The van der Waals surface area contributed by atoms with Crippen LogP contribution in [0.1, 0.15) is 45.4 Å². The van der Waals surface area contributed by atoms with E-state index in [1.54, 1.807) is 4.31 Å². The highest BCUT2D eigenvalue weighted by Gasteiger charge is 2.34. The molecule has 6 heteroatoms. The van der Waals surface area contributed by atoms with Crippen molar-refractivity contribution in [2.75, 3.05) is 6.54 Å². The number of piperidine rings is 1. The van der Waals surface area contributed by atoms with Crippen LogP contribution in [0, 0.1) is 0 Å². The van der Waals surface area contributed by atoms with Crippen molar-refractivity contribution in [1.29, 1.82) is 0 Å². The highest BCUT2D eigenvalue weighted by molar-refractivity contribution is 9.09. The van der Waals surface area contributed by atoms with Gasteiger partial charge in [0.2, 0.25) is 0 Å². The molecule has 2 fully saturated rings. The number of alkyl halides is 1. The maximum absolute atomic E-state index is 12.3. The first-order chi connectivity index (χ1) is 8.00. The first kappa shape index (κ1) is 13.8. The van der Waals surface area contributed by atoms with Crippen LogP contribution in [0.4, 0.5) is 0 Å². The first-order valence-corrected chi connectivity index (χ1v) is 8.79. The minimum atomic E-state index is -3.30. The summed E-state index contributed by atoms with van der Waals surface area (Å²) in [6.07, 6.45) is 6.19. The molecule has 0 radical (unpaired) electrons. The molecule has 2 rings (SSSR count). The van der Waals surface area contributed by atoms with Crippen LogP contribution in [0.5, 0.6) is 0 Å². The van der Waals surface area contributed by atoms with Crippen LogP contribution in [0.2, 0.25) is 0 Å². The molecule has 0 bridgehead atoms. The van der Waals surface area contributed by atoms with E-state index in [-0.39, 0.29) is 16.9 Å². The molecule has 0 aromatic heterocycles. The molecule has 0 aromatic rings. The zero-order valence-corrected chi connectivity index (χ0v) is 12.6. The maximum Gasteiger partial charge on any atom is 0.279 e. The smallest absolute Gasteiger partial charge is 0.198 e. The van der Waals surface area contributed by atoms with Crippen LogP contribution in [-0.2, 0) is 10.2 Å².